The van der Waals surface area contributed by atoms with E-state index in [0.717, 1.165) is 12.8 Å². The number of halogens is 2. The van der Waals surface area contributed by atoms with Crippen molar-refractivity contribution in [3.05, 3.63) is 18.2 Å². The molecule has 1 aliphatic carbocycles. The van der Waals surface area contributed by atoms with E-state index < -0.39 is 12.2 Å². The Bertz CT molecular complexity index is 625. The molecule has 2 N–H and O–H groups in total. The van der Waals surface area contributed by atoms with Gasteiger partial charge in [-0.3, -0.25) is 4.79 Å². The fourth-order valence-corrected chi connectivity index (χ4v) is 2.71. The van der Waals surface area contributed by atoms with E-state index in [1.165, 1.54) is 19.2 Å². The van der Waals surface area contributed by atoms with Gasteiger partial charge < -0.3 is 20.1 Å². The molecule has 0 bridgehead atoms. The van der Waals surface area contributed by atoms with Crippen LogP contribution in [0.25, 0.3) is 0 Å². The van der Waals surface area contributed by atoms with Gasteiger partial charge in [0.2, 0.25) is 5.91 Å². The molecule has 1 aromatic rings. The minimum atomic E-state index is -2.98. The lowest BCUT2D eigenvalue weighted by Crippen LogP contribution is -2.47. The molecule has 1 amide bonds. The van der Waals surface area contributed by atoms with E-state index in [1.807, 2.05) is 0 Å². The molecule has 2 rings (SSSR count). The van der Waals surface area contributed by atoms with Crippen molar-refractivity contribution in [1.29, 1.82) is 5.26 Å². The molecule has 0 heterocycles. The van der Waals surface area contributed by atoms with Crippen molar-refractivity contribution in [1.82, 2.24) is 5.32 Å². The molecule has 1 aromatic carbocycles. The number of hydrogen-bond donors (Lipinski definition) is 2. The highest BCUT2D eigenvalue weighted by Crippen LogP contribution is 2.31. The minimum absolute atomic E-state index is 0.0795. The van der Waals surface area contributed by atoms with Gasteiger partial charge in [-0.2, -0.15) is 14.0 Å². The van der Waals surface area contributed by atoms with E-state index in [-0.39, 0.29) is 24.0 Å². The van der Waals surface area contributed by atoms with Crippen LogP contribution in [-0.4, -0.2) is 31.7 Å². The van der Waals surface area contributed by atoms with Crippen LogP contribution in [0, 0.1) is 11.3 Å². The monoisotopic (exact) mass is 339 g/mol. The first-order valence-electron chi connectivity index (χ1n) is 7.57. The van der Waals surface area contributed by atoms with Crippen molar-refractivity contribution >= 4 is 11.6 Å². The average Bonchev–Trinajstić information content (AvgIpc) is 3.01. The first-order chi connectivity index (χ1) is 11.5. The summed E-state index contributed by atoms with van der Waals surface area (Å²) in [6, 6.07) is 6.55. The standard InChI is InChI=1S/C16H19F2N3O3/c1-23-12-5-4-11(8-13(12)24-15(17)18)20-9-14(22)21-16(10-19)6-2-3-7-16/h4-5,8,15,20H,2-3,6-7,9H2,1H3,(H,21,22). The van der Waals surface area contributed by atoms with Gasteiger partial charge in [-0.05, 0) is 37.8 Å². The smallest absolute Gasteiger partial charge is 0.387 e. The number of ether oxygens (including phenoxy) is 2. The maximum absolute atomic E-state index is 12.4. The highest BCUT2D eigenvalue weighted by molar-refractivity contribution is 5.82. The second kappa shape index (κ2) is 7.81. The topological polar surface area (TPSA) is 83.4 Å². The lowest BCUT2D eigenvalue weighted by atomic mass is 10.00. The van der Waals surface area contributed by atoms with Crippen LogP contribution in [0.3, 0.4) is 0 Å². The SMILES string of the molecule is COc1ccc(NCC(=O)NC2(C#N)CCCC2)cc1OC(F)F. The molecule has 0 unspecified atom stereocenters. The van der Waals surface area contributed by atoms with Crippen LogP contribution in [0.4, 0.5) is 14.5 Å². The Morgan fingerprint density at radius 1 is 1.38 bits per heavy atom. The maximum atomic E-state index is 12.4. The number of nitrogens with one attached hydrogen (secondary N) is 2. The Morgan fingerprint density at radius 3 is 2.67 bits per heavy atom. The molecular weight excluding hydrogens is 320 g/mol. The lowest BCUT2D eigenvalue weighted by molar-refractivity contribution is -0.120. The number of alkyl halides is 2. The number of carbonyl (C=O) groups excluding carboxylic acids is 1. The highest BCUT2D eigenvalue weighted by atomic mass is 19.3. The zero-order valence-electron chi connectivity index (χ0n) is 13.3. The Labute approximate surface area is 138 Å². The zero-order chi connectivity index (χ0) is 17.6. The molecule has 1 saturated carbocycles. The second-order valence-electron chi connectivity index (χ2n) is 5.55. The zero-order valence-corrected chi connectivity index (χ0v) is 13.3. The quantitative estimate of drug-likeness (QED) is 0.798. The molecule has 1 fully saturated rings. The number of nitrogens with zero attached hydrogens (tertiary/aromatic N) is 1. The van der Waals surface area contributed by atoms with Crippen LogP contribution in [-0.2, 0) is 4.79 Å². The summed E-state index contributed by atoms with van der Waals surface area (Å²) in [5.41, 5.74) is -0.359. The van der Waals surface area contributed by atoms with Crippen LogP contribution >= 0.6 is 0 Å². The van der Waals surface area contributed by atoms with Gasteiger partial charge in [-0.15, -0.1) is 0 Å². The van der Waals surface area contributed by atoms with Gasteiger partial charge in [0.25, 0.3) is 0 Å². The van der Waals surface area contributed by atoms with Crippen molar-refractivity contribution in [3.8, 4) is 17.6 Å². The van der Waals surface area contributed by atoms with Crippen LogP contribution in [0.15, 0.2) is 18.2 Å². The molecular formula is C16H19F2N3O3. The fourth-order valence-electron chi connectivity index (χ4n) is 2.71. The fraction of sp³-hybridized carbons (Fsp3) is 0.500. The van der Waals surface area contributed by atoms with E-state index in [1.54, 1.807) is 6.07 Å². The summed E-state index contributed by atoms with van der Waals surface area (Å²) in [5, 5.41) is 14.8. The van der Waals surface area contributed by atoms with Gasteiger partial charge in [0, 0.05) is 11.8 Å². The third-order valence-electron chi connectivity index (χ3n) is 3.88. The van der Waals surface area contributed by atoms with Crippen molar-refractivity contribution in [2.24, 2.45) is 0 Å². The summed E-state index contributed by atoms with van der Waals surface area (Å²) in [4.78, 5) is 12.0. The third-order valence-corrected chi connectivity index (χ3v) is 3.88. The third kappa shape index (κ3) is 4.47. The molecule has 24 heavy (non-hydrogen) atoms. The predicted octanol–water partition coefficient (Wildman–Crippen LogP) is 2.66. The summed E-state index contributed by atoms with van der Waals surface area (Å²) >= 11 is 0. The Kier molecular flexibility index (Phi) is 5.79. The van der Waals surface area contributed by atoms with Crippen LogP contribution < -0.4 is 20.1 Å². The van der Waals surface area contributed by atoms with Crippen molar-refractivity contribution in [2.45, 2.75) is 37.8 Å². The predicted molar refractivity (Wildman–Crippen MR) is 83.1 cm³/mol. The normalized spacial score (nSPS) is 15.6. The second-order valence-corrected chi connectivity index (χ2v) is 5.55. The number of hydrogen-bond acceptors (Lipinski definition) is 5. The number of anilines is 1. The molecule has 0 spiro atoms. The van der Waals surface area contributed by atoms with Gasteiger partial charge >= 0.3 is 6.61 Å². The van der Waals surface area contributed by atoms with E-state index in [9.17, 15) is 18.8 Å². The molecule has 0 aliphatic heterocycles. The van der Waals surface area contributed by atoms with Gasteiger partial charge in [0.05, 0.1) is 19.7 Å². The largest absolute Gasteiger partial charge is 0.493 e. The van der Waals surface area contributed by atoms with Crippen LogP contribution in [0.2, 0.25) is 0 Å². The van der Waals surface area contributed by atoms with E-state index in [4.69, 9.17) is 4.74 Å². The number of methoxy groups -OCH3 is 1. The molecule has 0 atom stereocenters. The van der Waals surface area contributed by atoms with Crippen LogP contribution in [0.5, 0.6) is 11.5 Å². The number of rotatable bonds is 7. The average molecular weight is 339 g/mol. The van der Waals surface area contributed by atoms with Gasteiger partial charge in [-0.25, -0.2) is 0 Å². The summed E-state index contributed by atoms with van der Waals surface area (Å²) in [7, 11) is 1.34. The summed E-state index contributed by atoms with van der Waals surface area (Å²) in [6.45, 7) is -3.06. The minimum Gasteiger partial charge on any atom is -0.493 e. The van der Waals surface area contributed by atoms with Gasteiger partial charge in [0.15, 0.2) is 11.5 Å². The molecule has 6 nitrogen and oxygen atoms in total. The van der Waals surface area contributed by atoms with Crippen LogP contribution in [0.1, 0.15) is 25.7 Å². The van der Waals surface area contributed by atoms with E-state index in [0.29, 0.717) is 18.5 Å². The first kappa shape index (κ1) is 17.8. The Morgan fingerprint density at radius 2 is 2.08 bits per heavy atom. The van der Waals surface area contributed by atoms with Crippen molar-refractivity contribution in [3.63, 3.8) is 0 Å². The van der Waals surface area contributed by atoms with E-state index in [2.05, 4.69) is 21.4 Å². The summed E-state index contributed by atoms with van der Waals surface area (Å²) in [6.07, 6.45) is 3.11. The molecule has 0 saturated heterocycles. The van der Waals surface area contributed by atoms with Crippen molar-refractivity contribution in [2.75, 3.05) is 19.0 Å². The maximum Gasteiger partial charge on any atom is 0.387 e. The molecule has 0 radical (unpaired) electrons. The number of benzene rings is 1. The summed E-state index contributed by atoms with van der Waals surface area (Å²) < 4.78 is 34.1. The molecule has 1 aliphatic rings. The summed E-state index contributed by atoms with van der Waals surface area (Å²) in [5.74, 6) is -0.285. The van der Waals surface area contributed by atoms with Crippen molar-refractivity contribution < 1.29 is 23.0 Å². The van der Waals surface area contributed by atoms with Gasteiger partial charge in [0.1, 0.15) is 5.54 Å². The molecule has 130 valence electrons. The first-order valence-corrected chi connectivity index (χ1v) is 7.57. The number of carbonyl (C=O) groups is 1. The molecule has 8 heteroatoms. The van der Waals surface area contributed by atoms with E-state index >= 15 is 0 Å². The Balaban J connectivity index is 1.96. The highest BCUT2D eigenvalue weighted by Gasteiger charge is 2.35. The molecule has 0 aromatic heterocycles. The number of amides is 1. The lowest BCUT2D eigenvalue weighted by Gasteiger charge is -2.22. The Hall–Kier alpha value is -2.56. The number of nitriles is 1. The van der Waals surface area contributed by atoms with Gasteiger partial charge in [-0.1, -0.05) is 0 Å².